The molecule has 0 aromatic heterocycles. The van der Waals surface area contributed by atoms with E-state index in [4.69, 9.17) is 5.73 Å². The molecule has 1 amide bonds. The minimum absolute atomic E-state index is 0.0420. The maximum Gasteiger partial charge on any atom is 0.416 e. The van der Waals surface area contributed by atoms with Gasteiger partial charge in [0.25, 0.3) is 0 Å². The number of carbonyl (C=O) groups is 1. The van der Waals surface area contributed by atoms with Crippen LogP contribution in [0.25, 0.3) is 0 Å². The molecule has 0 spiro atoms. The van der Waals surface area contributed by atoms with Crippen LogP contribution < -0.4 is 11.1 Å². The maximum atomic E-state index is 13.0. The van der Waals surface area contributed by atoms with Crippen molar-refractivity contribution in [3.63, 3.8) is 0 Å². The molecule has 0 bridgehead atoms. The number of nitrogens with one attached hydrogen (secondary N) is 1. The van der Waals surface area contributed by atoms with E-state index in [1.807, 2.05) is 6.92 Å². The highest BCUT2D eigenvalue weighted by Gasteiger charge is 2.38. The Bertz CT molecular complexity index is 564. The number of hydrogen-bond donors (Lipinski definition) is 2. The van der Waals surface area contributed by atoms with Crippen molar-refractivity contribution in [2.75, 3.05) is 6.54 Å². The van der Waals surface area contributed by atoms with E-state index >= 15 is 0 Å². The monoisotopic (exact) mass is 342 g/mol. The van der Waals surface area contributed by atoms with Gasteiger partial charge in [-0.3, -0.25) is 4.79 Å². The first-order valence-electron chi connectivity index (χ1n) is 8.43. The number of amides is 1. The van der Waals surface area contributed by atoms with Crippen LogP contribution in [0.2, 0.25) is 0 Å². The Morgan fingerprint density at radius 2 is 2.00 bits per heavy atom. The van der Waals surface area contributed by atoms with Crippen LogP contribution in [0.15, 0.2) is 24.3 Å². The SMILES string of the molecule is CC(N)CCC(=O)NCC1(c2cccc(C(F)(F)F)c2)CCCC1. The van der Waals surface area contributed by atoms with E-state index in [1.165, 1.54) is 12.1 Å². The second kappa shape index (κ2) is 7.55. The lowest BCUT2D eigenvalue weighted by Crippen LogP contribution is -2.39. The third-order valence-electron chi connectivity index (χ3n) is 4.81. The summed E-state index contributed by atoms with van der Waals surface area (Å²) in [7, 11) is 0. The molecule has 1 aromatic carbocycles. The smallest absolute Gasteiger partial charge is 0.355 e. The van der Waals surface area contributed by atoms with Gasteiger partial charge in [-0.2, -0.15) is 13.2 Å². The summed E-state index contributed by atoms with van der Waals surface area (Å²) in [6, 6.07) is 5.48. The lowest BCUT2D eigenvalue weighted by molar-refractivity contribution is -0.137. The van der Waals surface area contributed by atoms with Gasteiger partial charge in [0.15, 0.2) is 0 Å². The van der Waals surface area contributed by atoms with Gasteiger partial charge in [0.05, 0.1) is 5.56 Å². The molecule has 2 rings (SSSR count). The van der Waals surface area contributed by atoms with Crippen LogP contribution in [0.5, 0.6) is 0 Å². The van der Waals surface area contributed by atoms with Gasteiger partial charge in [-0.05, 0) is 37.8 Å². The van der Waals surface area contributed by atoms with Gasteiger partial charge in [0, 0.05) is 24.4 Å². The largest absolute Gasteiger partial charge is 0.416 e. The highest BCUT2D eigenvalue weighted by molar-refractivity contribution is 5.76. The molecule has 3 nitrogen and oxygen atoms in total. The van der Waals surface area contributed by atoms with E-state index in [0.29, 0.717) is 24.9 Å². The Labute approximate surface area is 140 Å². The number of carbonyl (C=O) groups excluding carboxylic acids is 1. The molecule has 0 heterocycles. The summed E-state index contributed by atoms with van der Waals surface area (Å²) in [5.74, 6) is -0.0921. The number of rotatable bonds is 6. The highest BCUT2D eigenvalue weighted by atomic mass is 19.4. The Morgan fingerprint density at radius 3 is 2.58 bits per heavy atom. The van der Waals surface area contributed by atoms with E-state index in [1.54, 1.807) is 6.07 Å². The van der Waals surface area contributed by atoms with Gasteiger partial charge in [-0.1, -0.05) is 31.0 Å². The molecule has 24 heavy (non-hydrogen) atoms. The van der Waals surface area contributed by atoms with Gasteiger partial charge >= 0.3 is 6.18 Å². The summed E-state index contributed by atoms with van der Waals surface area (Å²) < 4.78 is 39.0. The predicted octanol–water partition coefficient (Wildman–Crippen LogP) is 3.76. The van der Waals surface area contributed by atoms with Gasteiger partial charge in [-0.15, -0.1) is 0 Å². The fraction of sp³-hybridized carbons (Fsp3) is 0.611. The first kappa shape index (κ1) is 18.8. The topological polar surface area (TPSA) is 55.1 Å². The summed E-state index contributed by atoms with van der Waals surface area (Å²) in [6.07, 6.45) is 0.108. The second-order valence-corrected chi connectivity index (χ2v) is 6.86. The van der Waals surface area contributed by atoms with Gasteiger partial charge in [-0.25, -0.2) is 0 Å². The normalized spacial score (nSPS) is 18.4. The number of hydrogen-bond acceptors (Lipinski definition) is 2. The number of alkyl halides is 3. The molecule has 1 aliphatic carbocycles. The van der Waals surface area contributed by atoms with Crippen LogP contribution in [0.4, 0.5) is 13.2 Å². The summed E-state index contributed by atoms with van der Waals surface area (Å²) in [6.45, 7) is 2.22. The average molecular weight is 342 g/mol. The third-order valence-corrected chi connectivity index (χ3v) is 4.81. The molecular weight excluding hydrogens is 317 g/mol. The Balaban J connectivity index is 2.12. The standard InChI is InChI=1S/C18H25F3N2O/c1-13(22)7-8-16(24)23-12-17(9-2-3-10-17)14-5-4-6-15(11-14)18(19,20)21/h4-6,11,13H,2-3,7-10,12,22H2,1H3,(H,23,24). The van der Waals surface area contributed by atoms with Gasteiger partial charge in [0.2, 0.25) is 5.91 Å². The molecule has 0 saturated heterocycles. The molecule has 6 heteroatoms. The molecule has 1 saturated carbocycles. The number of benzene rings is 1. The molecule has 3 N–H and O–H groups in total. The van der Waals surface area contributed by atoms with E-state index in [-0.39, 0.29) is 11.9 Å². The van der Waals surface area contributed by atoms with Crippen molar-refractivity contribution in [2.45, 2.75) is 63.1 Å². The van der Waals surface area contributed by atoms with E-state index in [2.05, 4.69) is 5.32 Å². The average Bonchev–Trinajstić information content (AvgIpc) is 3.00. The van der Waals surface area contributed by atoms with E-state index in [0.717, 1.165) is 31.7 Å². The summed E-state index contributed by atoms with van der Waals surface area (Å²) in [5, 5.41) is 2.90. The predicted molar refractivity (Wildman–Crippen MR) is 87.5 cm³/mol. The zero-order valence-electron chi connectivity index (χ0n) is 14.0. The molecule has 1 unspecified atom stereocenters. The van der Waals surface area contributed by atoms with E-state index < -0.39 is 17.2 Å². The van der Waals surface area contributed by atoms with Crippen molar-refractivity contribution in [1.29, 1.82) is 0 Å². The van der Waals surface area contributed by atoms with Crippen LogP contribution in [0.1, 0.15) is 56.6 Å². The van der Waals surface area contributed by atoms with Crippen LogP contribution in [-0.4, -0.2) is 18.5 Å². The molecule has 1 atom stereocenters. The summed E-state index contributed by atoms with van der Waals surface area (Å²) in [5.41, 5.74) is 5.29. The minimum atomic E-state index is -4.35. The quantitative estimate of drug-likeness (QED) is 0.827. The first-order valence-corrected chi connectivity index (χ1v) is 8.43. The fourth-order valence-electron chi connectivity index (χ4n) is 3.36. The van der Waals surface area contributed by atoms with Crippen molar-refractivity contribution >= 4 is 5.91 Å². The van der Waals surface area contributed by atoms with Crippen molar-refractivity contribution in [3.05, 3.63) is 35.4 Å². The highest BCUT2D eigenvalue weighted by Crippen LogP contribution is 2.42. The van der Waals surface area contributed by atoms with Gasteiger partial charge in [0.1, 0.15) is 0 Å². The number of halogens is 3. The summed E-state index contributed by atoms with van der Waals surface area (Å²) >= 11 is 0. The molecule has 1 fully saturated rings. The van der Waals surface area contributed by atoms with Crippen LogP contribution >= 0.6 is 0 Å². The second-order valence-electron chi connectivity index (χ2n) is 6.86. The van der Waals surface area contributed by atoms with Crippen LogP contribution in [-0.2, 0) is 16.4 Å². The van der Waals surface area contributed by atoms with Crippen molar-refractivity contribution in [1.82, 2.24) is 5.32 Å². The lowest BCUT2D eigenvalue weighted by atomic mass is 9.78. The molecule has 134 valence electrons. The third kappa shape index (κ3) is 4.72. The van der Waals surface area contributed by atoms with Crippen molar-refractivity contribution < 1.29 is 18.0 Å². The molecule has 1 aliphatic rings. The molecule has 0 radical (unpaired) electrons. The maximum absolute atomic E-state index is 13.0. The Hall–Kier alpha value is -1.56. The zero-order valence-corrected chi connectivity index (χ0v) is 14.0. The Morgan fingerprint density at radius 1 is 1.33 bits per heavy atom. The van der Waals surface area contributed by atoms with Crippen LogP contribution in [0.3, 0.4) is 0 Å². The Kier molecular flexibility index (Phi) is 5.91. The van der Waals surface area contributed by atoms with Gasteiger partial charge < -0.3 is 11.1 Å². The van der Waals surface area contributed by atoms with E-state index in [9.17, 15) is 18.0 Å². The molecule has 0 aliphatic heterocycles. The van der Waals surface area contributed by atoms with Crippen LogP contribution in [0, 0.1) is 0 Å². The summed E-state index contributed by atoms with van der Waals surface area (Å²) in [4.78, 5) is 12.0. The minimum Gasteiger partial charge on any atom is -0.355 e. The number of nitrogens with two attached hydrogens (primary N) is 1. The van der Waals surface area contributed by atoms with Crippen molar-refractivity contribution in [2.24, 2.45) is 5.73 Å². The fourth-order valence-corrected chi connectivity index (χ4v) is 3.36. The molecule has 1 aromatic rings. The van der Waals surface area contributed by atoms with Crippen molar-refractivity contribution in [3.8, 4) is 0 Å². The zero-order chi connectivity index (χ0) is 17.8. The first-order chi connectivity index (χ1) is 11.2. The lowest BCUT2D eigenvalue weighted by Gasteiger charge is -2.30. The molecular formula is C18H25F3N2O.